The van der Waals surface area contributed by atoms with Crippen LogP contribution in [0.2, 0.25) is 0 Å². The van der Waals surface area contributed by atoms with Gasteiger partial charge >= 0.3 is 0 Å². The molecule has 2 atom stereocenters. The number of Topliss-reactive ketones (excluding diaryl/α,β-unsaturated/α-hetero) is 1. The lowest BCUT2D eigenvalue weighted by Gasteiger charge is -2.36. The van der Waals surface area contributed by atoms with E-state index in [9.17, 15) is 4.79 Å². The monoisotopic (exact) mass is 234 g/mol. The normalized spacial score (nSPS) is 24.8. The van der Waals surface area contributed by atoms with Crippen LogP contribution in [0.5, 0.6) is 0 Å². The van der Waals surface area contributed by atoms with E-state index in [1.807, 2.05) is 12.1 Å². The van der Waals surface area contributed by atoms with E-state index in [0.717, 1.165) is 18.9 Å². The first-order chi connectivity index (χ1) is 8.06. The van der Waals surface area contributed by atoms with Gasteiger partial charge in [0.2, 0.25) is 0 Å². The maximum atomic E-state index is 11.2. The van der Waals surface area contributed by atoms with Crippen molar-refractivity contribution in [3.8, 4) is 0 Å². The second-order valence-corrected chi connectivity index (χ2v) is 4.62. The van der Waals surface area contributed by atoms with E-state index in [0.29, 0.717) is 5.56 Å². The Balaban J connectivity index is 2.14. The quantitative estimate of drug-likeness (QED) is 0.733. The van der Waals surface area contributed by atoms with Gasteiger partial charge in [0, 0.05) is 24.8 Å². The Morgan fingerprint density at radius 3 is 2.47 bits per heavy atom. The zero-order chi connectivity index (χ0) is 12.4. The van der Waals surface area contributed by atoms with Gasteiger partial charge in [-0.05, 0) is 32.9 Å². The smallest absolute Gasteiger partial charge is 0.161 e. The minimum absolute atomic E-state index is 0.0489. The first-order valence-electron chi connectivity index (χ1n) is 5.93. The molecule has 0 radical (unpaired) electrons. The molecule has 0 aliphatic carbocycles. The molecule has 17 heavy (non-hydrogen) atoms. The Bertz CT molecular complexity index is 392. The summed E-state index contributed by atoms with van der Waals surface area (Å²) >= 11 is 0. The Labute approximate surface area is 102 Å². The molecule has 0 amide bonds. The van der Waals surface area contributed by atoms with Gasteiger partial charge in [0.15, 0.2) is 5.78 Å². The third-order valence-electron chi connectivity index (χ3n) is 2.90. The number of aromatic nitrogens is 1. The zero-order valence-corrected chi connectivity index (χ0v) is 10.5. The standard InChI is InChI=1S/C13H18N2O2/c1-9-7-15(8-10(2)17-9)13-5-4-12(6-14-13)11(3)16/h4-6,9-10H,7-8H2,1-3H3/t9-,10+. The van der Waals surface area contributed by atoms with Gasteiger partial charge in [-0.25, -0.2) is 4.98 Å². The van der Waals surface area contributed by atoms with Crippen LogP contribution in [0.4, 0.5) is 5.82 Å². The van der Waals surface area contributed by atoms with Gasteiger partial charge in [0.1, 0.15) is 5.82 Å². The third-order valence-corrected chi connectivity index (χ3v) is 2.90. The van der Waals surface area contributed by atoms with E-state index < -0.39 is 0 Å². The van der Waals surface area contributed by atoms with Crippen molar-refractivity contribution in [2.45, 2.75) is 33.0 Å². The molecule has 0 aromatic carbocycles. The summed E-state index contributed by atoms with van der Waals surface area (Å²) in [6.07, 6.45) is 2.07. The molecule has 2 heterocycles. The van der Waals surface area contributed by atoms with Crippen LogP contribution in [-0.2, 0) is 4.74 Å². The Kier molecular flexibility index (Phi) is 3.43. The number of anilines is 1. The van der Waals surface area contributed by atoms with Crippen molar-refractivity contribution in [2.75, 3.05) is 18.0 Å². The lowest BCUT2D eigenvalue weighted by atomic mass is 10.2. The van der Waals surface area contributed by atoms with Crippen LogP contribution < -0.4 is 4.90 Å². The average molecular weight is 234 g/mol. The van der Waals surface area contributed by atoms with Crippen molar-refractivity contribution >= 4 is 11.6 Å². The summed E-state index contributed by atoms with van der Waals surface area (Å²) in [6, 6.07) is 3.73. The third kappa shape index (κ3) is 2.82. The number of nitrogens with zero attached hydrogens (tertiary/aromatic N) is 2. The number of ether oxygens (including phenoxy) is 1. The van der Waals surface area contributed by atoms with Gasteiger partial charge in [-0.1, -0.05) is 0 Å². The maximum absolute atomic E-state index is 11.2. The minimum atomic E-state index is 0.0489. The van der Waals surface area contributed by atoms with Crippen molar-refractivity contribution in [3.05, 3.63) is 23.9 Å². The molecule has 92 valence electrons. The molecule has 1 aromatic heterocycles. The molecule has 1 saturated heterocycles. The number of morpholine rings is 1. The van der Waals surface area contributed by atoms with Gasteiger partial charge in [0.05, 0.1) is 12.2 Å². The van der Waals surface area contributed by atoms with E-state index in [2.05, 4.69) is 23.7 Å². The fourth-order valence-corrected chi connectivity index (χ4v) is 2.15. The van der Waals surface area contributed by atoms with Gasteiger partial charge in [0.25, 0.3) is 0 Å². The molecule has 4 nitrogen and oxygen atoms in total. The molecule has 0 saturated carbocycles. The summed E-state index contributed by atoms with van der Waals surface area (Å²) in [4.78, 5) is 17.7. The molecule has 2 rings (SSSR count). The summed E-state index contributed by atoms with van der Waals surface area (Å²) in [6.45, 7) is 7.36. The summed E-state index contributed by atoms with van der Waals surface area (Å²) in [7, 11) is 0. The van der Waals surface area contributed by atoms with E-state index in [4.69, 9.17) is 4.74 Å². The highest BCUT2D eigenvalue weighted by atomic mass is 16.5. The fourth-order valence-electron chi connectivity index (χ4n) is 2.15. The summed E-state index contributed by atoms with van der Waals surface area (Å²) in [5, 5.41) is 0. The van der Waals surface area contributed by atoms with Crippen LogP contribution in [0, 0.1) is 0 Å². The molecule has 0 unspecified atom stereocenters. The summed E-state index contributed by atoms with van der Waals surface area (Å²) in [5.74, 6) is 0.963. The van der Waals surface area contributed by atoms with Crippen molar-refractivity contribution < 1.29 is 9.53 Å². The number of rotatable bonds is 2. The van der Waals surface area contributed by atoms with Crippen molar-refractivity contribution in [1.29, 1.82) is 0 Å². The molecule has 0 bridgehead atoms. The molecule has 0 N–H and O–H groups in total. The van der Waals surface area contributed by atoms with E-state index in [-0.39, 0.29) is 18.0 Å². The summed E-state index contributed by atoms with van der Waals surface area (Å²) < 4.78 is 5.68. The van der Waals surface area contributed by atoms with Crippen LogP contribution in [-0.4, -0.2) is 36.1 Å². The second kappa shape index (κ2) is 4.84. The number of pyridine rings is 1. The molecule has 0 spiro atoms. The second-order valence-electron chi connectivity index (χ2n) is 4.62. The average Bonchev–Trinajstić information content (AvgIpc) is 2.28. The van der Waals surface area contributed by atoms with E-state index in [1.165, 1.54) is 0 Å². The molecule has 1 fully saturated rings. The van der Waals surface area contributed by atoms with Crippen LogP contribution in [0.25, 0.3) is 0 Å². The first-order valence-corrected chi connectivity index (χ1v) is 5.93. The minimum Gasteiger partial charge on any atom is -0.372 e. The van der Waals surface area contributed by atoms with Crippen molar-refractivity contribution in [1.82, 2.24) is 4.98 Å². The fraction of sp³-hybridized carbons (Fsp3) is 0.538. The van der Waals surface area contributed by atoms with Crippen LogP contribution in [0.15, 0.2) is 18.3 Å². The molecular formula is C13H18N2O2. The lowest BCUT2D eigenvalue weighted by Crippen LogP contribution is -2.45. The number of hydrogen-bond acceptors (Lipinski definition) is 4. The maximum Gasteiger partial charge on any atom is 0.161 e. The van der Waals surface area contributed by atoms with Crippen LogP contribution in [0.3, 0.4) is 0 Å². The predicted octanol–water partition coefficient (Wildman–Crippen LogP) is 1.90. The van der Waals surface area contributed by atoms with E-state index in [1.54, 1.807) is 13.1 Å². The highest BCUT2D eigenvalue weighted by Crippen LogP contribution is 2.18. The summed E-state index contributed by atoms with van der Waals surface area (Å²) in [5.41, 5.74) is 0.656. The number of ketones is 1. The van der Waals surface area contributed by atoms with Gasteiger partial charge in [-0.15, -0.1) is 0 Å². The zero-order valence-electron chi connectivity index (χ0n) is 10.5. The van der Waals surface area contributed by atoms with Crippen molar-refractivity contribution in [2.24, 2.45) is 0 Å². The number of carbonyl (C=O) groups excluding carboxylic acids is 1. The highest BCUT2D eigenvalue weighted by Gasteiger charge is 2.22. The number of hydrogen-bond donors (Lipinski definition) is 0. The van der Waals surface area contributed by atoms with Gasteiger partial charge in [-0.2, -0.15) is 0 Å². The Hall–Kier alpha value is -1.42. The molecule has 4 heteroatoms. The van der Waals surface area contributed by atoms with E-state index >= 15 is 0 Å². The van der Waals surface area contributed by atoms with Crippen LogP contribution >= 0.6 is 0 Å². The largest absolute Gasteiger partial charge is 0.372 e. The molecule has 1 aliphatic rings. The first kappa shape index (κ1) is 12.0. The Morgan fingerprint density at radius 2 is 2.00 bits per heavy atom. The van der Waals surface area contributed by atoms with Crippen molar-refractivity contribution in [3.63, 3.8) is 0 Å². The van der Waals surface area contributed by atoms with Gasteiger partial charge < -0.3 is 9.64 Å². The van der Waals surface area contributed by atoms with Gasteiger partial charge in [-0.3, -0.25) is 4.79 Å². The van der Waals surface area contributed by atoms with Crippen LogP contribution in [0.1, 0.15) is 31.1 Å². The molecule has 1 aliphatic heterocycles. The Morgan fingerprint density at radius 1 is 1.35 bits per heavy atom. The molecular weight excluding hydrogens is 216 g/mol. The number of carbonyl (C=O) groups is 1. The topological polar surface area (TPSA) is 42.4 Å². The lowest BCUT2D eigenvalue weighted by molar-refractivity contribution is -0.00546. The molecule has 1 aromatic rings. The highest BCUT2D eigenvalue weighted by molar-refractivity contribution is 5.93. The SMILES string of the molecule is CC(=O)c1ccc(N2C[C@@H](C)O[C@@H](C)C2)nc1. The predicted molar refractivity (Wildman–Crippen MR) is 66.5 cm³/mol.